The molecule has 0 aromatic heterocycles. The predicted molar refractivity (Wildman–Crippen MR) is 81.1 cm³/mol. The number of amides is 1. The molecule has 2 rings (SSSR count). The van der Waals surface area contributed by atoms with Crippen molar-refractivity contribution in [2.24, 2.45) is 0 Å². The van der Waals surface area contributed by atoms with Crippen LogP contribution >= 0.6 is 35.0 Å². The quantitative estimate of drug-likeness (QED) is 0.865. The number of carbonyl (C=O) groups excluding carboxylic acids is 1. The molecule has 1 aliphatic heterocycles. The number of nitrogens with zero attached hydrogens (tertiary/aromatic N) is 1. The Morgan fingerprint density at radius 3 is 2.85 bits per heavy atom. The van der Waals surface area contributed by atoms with Gasteiger partial charge < -0.3 is 10.0 Å². The maximum absolute atomic E-state index is 12.0. The first kappa shape index (κ1) is 15.2. The Bertz CT molecular complexity index is 577. The minimum absolute atomic E-state index is 0.349. The number of hydrogen-bond donors (Lipinski definition) is 1. The molecule has 1 atom stereocenters. The number of rotatable bonds is 3. The van der Waals surface area contributed by atoms with Gasteiger partial charge in [-0.15, -0.1) is 11.8 Å². The Labute approximate surface area is 130 Å². The molecule has 1 aromatic carbocycles. The molecule has 1 amide bonds. The van der Waals surface area contributed by atoms with Crippen molar-refractivity contribution in [2.75, 3.05) is 11.6 Å². The lowest BCUT2D eigenvalue weighted by atomic mass is 10.2. The Kier molecular flexibility index (Phi) is 4.96. The maximum Gasteiger partial charge on any atom is 0.327 e. The molecule has 0 unspecified atom stereocenters. The monoisotopic (exact) mass is 331 g/mol. The molecule has 0 spiro atoms. The molecular weight excluding hydrogens is 321 g/mol. The van der Waals surface area contributed by atoms with Crippen molar-refractivity contribution in [3.05, 3.63) is 39.9 Å². The standard InChI is InChI=1S/C13H11Cl2NO3S/c14-9-2-3-10(15)8(5-9)1-4-12(17)16-7-20-6-11(16)13(18)19/h1-5,11H,6-7H2,(H,18,19)/b4-1+/t11-/m0/s1. The van der Waals surface area contributed by atoms with Gasteiger partial charge in [0.05, 0.1) is 5.88 Å². The molecule has 0 bridgehead atoms. The third-order valence-electron chi connectivity index (χ3n) is 2.81. The minimum Gasteiger partial charge on any atom is -0.480 e. The van der Waals surface area contributed by atoms with Gasteiger partial charge in [0.1, 0.15) is 6.04 Å². The number of hydrogen-bond acceptors (Lipinski definition) is 3. The van der Waals surface area contributed by atoms with Gasteiger partial charge in [-0.3, -0.25) is 4.79 Å². The van der Waals surface area contributed by atoms with Crippen LogP contribution in [0.5, 0.6) is 0 Å². The summed E-state index contributed by atoms with van der Waals surface area (Å²) in [4.78, 5) is 24.4. The molecule has 1 fully saturated rings. The highest BCUT2D eigenvalue weighted by molar-refractivity contribution is 7.99. The zero-order chi connectivity index (χ0) is 14.7. The number of halogens is 2. The lowest BCUT2D eigenvalue weighted by molar-refractivity contribution is -0.146. The highest BCUT2D eigenvalue weighted by Crippen LogP contribution is 2.24. The lowest BCUT2D eigenvalue weighted by Gasteiger charge is -2.18. The largest absolute Gasteiger partial charge is 0.480 e. The third kappa shape index (κ3) is 3.48. The van der Waals surface area contributed by atoms with Gasteiger partial charge in [-0.25, -0.2) is 4.79 Å². The molecule has 1 N–H and O–H groups in total. The van der Waals surface area contributed by atoms with Crippen LogP contribution in [-0.4, -0.2) is 39.6 Å². The third-order valence-corrected chi connectivity index (χ3v) is 4.41. The van der Waals surface area contributed by atoms with Crippen LogP contribution in [0.2, 0.25) is 10.0 Å². The first-order valence-electron chi connectivity index (χ1n) is 5.73. The number of benzene rings is 1. The topological polar surface area (TPSA) is 57.6 Å². The summed E-state index contributed by atoms with van der Waals surface area (Å²) in [6.07, 6.45) is 2.86. The first-order valence-corrected chi connectivity index (χ1v) is 7.64. The molecule has 106 valence electrons. The van der Waals surface area contributed by atoms with Crippen molar-refractivity contribution in [1.82, 2.24) is 4.90 Å². The summed E-state index contributed by atoms with van der Waals surface area (Å²) in [6, 6.07) is 4.16. The normalized spacial score (nSPS) is 18.7. The number of carbonyl (C=O) groups is 2. The second kappa shape index (κ2) is 6.52. The van der Waals surface area contributed by atoms with Crippen LogP contribution in [0.15, 0.2) is 24.3 Å². The van der Waals surface area contributed by atoms with E-state index < -0.39 is 12.0 Å². The predicted octanol–water partition coefficient (Wildman–Crippen LogP) is 2.99. The van der Waals surface area contributed by atoms with E-state index in [2.05, 4.69) is 0 Å². The van der Waals surface area contributed by atoms with Gasteiger partial charge in [-0.05, 0) is 29.8 Å². The average Bonchev–Trinajstić information content (AvgIpc) is 2.89. The Hall–Kier alpha value is -1.17. The fraction of sp³-hybridized carbons (Fsp3) is 0.231. The SMILES string of the molecule is O=C(O)[C@@H]1CSCN1C(=O)/C=C/c1cc(Cl)ccc1Cl. The van der Waals surface area contributed by atoms with Crippen LogP contribution in [0, 0.1) is 0 Å². The van der Waals surface area contributed by atoms with Gasteiger partial charge in [0, 0.05) is 21.9 Å². The summed E-state index contributed by atoms with van der Waals surface area (Å²) < 4.78 is 0. The van der Waals surface area contributed by atoms with Crippen LogP contribution in [0.4, 0.5) is 0 Å². The maximum atomic E-state index is 12.0. The zero-order valence-corrected chi connectivity index (χ0v) is 12.6. The lowest BCUT2D eigenvalue weighted by Crippen LogP contribution is -2.40. The fourth-order valence-corrected chi connectivity index (χ4v) is 3.28. The fourth-order valence-electron chi connectivity index (χ4n) is 1.76. The molecule has 1 heterocycles. The molecule has 4 nitrogen and oxygen atoms in total. The van der Waals surface area contributed by atoms with Crippen LogP contribution < -0.4 is 0 Å². The van der Waals surface area contributed by atoms with Crippen molar-refractivity contribution in [2.45, 2.75) is 6.04 Å². The summed E-state index contributed by atoms with van der Waals surface area (Å²) >= 11 is 13.3. The second-order valence-corrected chi connectivity index (χ2v) is 6.00. The Morgan fingerprint density at radius 1 is 1.40 bits per heavy atom. The van der Waals surface area contributed by atoms with Crippen molar-refractivity contribution < 1.29 is 14.7 Å². The summed E-state index contributed by atoms with van der Waals surface area (Å²) in [5, 5.41) is 10.0. The van der Waals surface area contributed by atoms with E-state index in [1.54, 1.807) is 24.3 Å². The number of aliphatic carboxylic acids is 1. The summed E-state index contributed by atoms with van der Waals surface area (Å²) in [5.41, 5.74) is 0.617. The van der Waals surface area contributed by atoms with Crippen LogP contribution in [0.25, 0.3) is 6.08 Å². The average molecular weight is 332 g/mol. The van der Waals surface area contributed by atoms with E-state index in [4.69, 9.17) is 28.3 Å². The van der Waals surface area contributed by atoms with Gasteiger partial charge >= 0.3 is 5.97 Å². The van der Waals surface area contributed by atoms with E-state index in [0.717, 1.165) is 0 Å². The molecule has 0 saturated carbocycles. The number of thioether (sulfide) groups is 1. The Balaban J connectivity index is 2.13. The molecule has 1 aliphatic rings. The molecule has 7 heteroatoms. The summed E-state index contributed by atoms with van der Waals surface area (Å²) in [5.74, 6) is -0.549. The highest BCUT2D eigenvalue weighted by atomic mass is 35.5. The number of carboxylic acid groups (broad SMARTS) is 1. The van der Waals surface area contributed by atoms with Crippen molar-refractivity contribution in [3.63, 3.8) is 0 Å². The molecule has 1 saturated heterocycles. The van der Waals surface area contributed by atoms with Crippen LogP contribution in [0.1, 0.15) is 5.56 Å². The number of carboxylic acids is 1. The molecule has 20 heavy (non-hydrogen) atoms. The van der Waals surface area contributed by atoms with Gasteiger partial charge in [-0.1, -0.05) is 23.2 Å². The van der Waals surface area contributed by atoms with Crippen molar-refractivity contribution >= 4 is 52.9 Å². The van der Waals surface area contributed by atoms with Gasteiger partial charge in [-0.2, -0.15) is 0 Å². The molecule has 0 radical (unpaired) electrons. The molecule has 0 aliphatic carbocycles. The molecule has 1 aromatic rings. The second-order valence-electron chi connectivity index (χ2n) is 4.16. The van der Waals surface area contributed by atoms with E-state index >= 15 is 0 Å². The Morgan fingerprint density at radius 2 is 2.15 bits per heavy atom. The van der Waals surface area contributed by atoms with Crippen LogP contribution in [0.3, 0.4) is 0 Å². The van der Waals surface area contributed by atoms with E-state index in [0.29, 0.717) is 27.2 Å². The van der Waals surface area contributed by atoms with E-state index in [9.17, 15) is 9.59 Å². The molecular formula is C13H11Cl2NO3S. The van der Waals surface area contributed by atoms with Crippen molar-refractivity contribution in [1.29, 1.82) is 0 Å². The van der Waals surface area contributed by atoms with E-state index in [1.165, 1.54) is 22.7 Å². The van der Waals surface area contributed by atoms with E-state index in [-0.39, 0.29) is 5.91 Å². The van der Waals surface area contributed by atoms with Crippen LogP contribution in [-0.2, 0) is 9.59 Å². The summed E-state index contributed by atoms with van der Waals surface area (Å²) in [6.45, 7) is 0. The van der Waals surface area contributed by atoms with E-state index in [1.807, 2.05) is 0 Å². The minimum atomic E-state index is -0.988. The van der Waals surface area contributed by atoms with Gasteiger partial charge in [0.2, 0.25) is 5.91 Å². The first-order chi connectivity index (χ1) is 9.49. The van der Waals surface area contributed by atoms with Gasteiger partial charge in [0.15, 0.2) is 0 Å². The summed E-state index contributed by atoms with van der Waals surface area (Å²) in [7, 11) is 0. The van der Waals surface area contributed by atoms with Gasteiger partial charge in [0.25, 0.3) is 0 Å². The zero-order valence-electron chi connectivity index (χ0n) is 10.3. The van der Waals surface area contributed by atoms with Crippen molar-refractivity contribution in [3.8, 4) is 0 Å². The highest BCUT2D eigenvalue weighted by Gasteiger charge is 2.33. The smallest absolute Gasteiger partial charge is 0.327 e.